The highest BCUT2D eigenvalue weighted by atomic mass is 19.1. The smallest absolute Gasteiger partial charge is 0.207 e. The zero-order valence-corrected chi connectivity index (χ0v) is 7.57. The fraction of sp³-hybridized carbons (Fsp3) is 0.0833. The molecule has 1 aliphatic rings. The van der Waals surface area contributed by atoms with E-state index >= 15 is 0 Å². The number of pyridine rings is 1. The van der Waals surface area contributed by atoms with Crippen LogP contribution in [0.4, 0.5) is 4.39 Å². The molecule has 0 spiro atoms. The highest BCUT2D eigenvalue weighted by Gasteiger charge is 2.24. The molecule has 0 fully saturated rings. The lowest BCUT2D eigenvalue weighted by Crippen LogP contribution is -2.31. The third-order valence-electron chi connectivity index (χ3n) is 2.62. The molecule has 1 nitrogen and oxygen atoms in total. The molecule has 3 rings (SSSR count). The van der Waals surface area contributed by atoms with E-state index in [0.29, 0.717) is 0 Å². The van der Waals surface area contributed by atoms with Gasteiger partial charge in [0, 0.05) is 17.7 Å². The van der Waals surface area contributed by atoms with Gasteiger partial charge in [0.05, 0.1) is 5.56 Å². The molecule has 0 bridgehead atoms. The largest absolute Gasteiger partial charge is 0.213 e. The number of nitrogens with zero attached hydrogens (tertiary/aromatic N) is 1. The van der Waals surface area contributed by atoms with Crippen LogP contribution in [0.1, 0.15) is 5.56 Å². The summed E-state index contributed by atoms with van der Waals surface area (Å²) in [6.07, 6.45) is 2.02. The van der Waals surface area contributed by atoms with Crippen LogP contribution in [0, 0.1) is 5.82 Å². The minimum absolute atomic E-state index is 0.155. The van der Waals surface area contributed by atoms with Crippen molar-refractivity contribution in [1.82, 2.24) is 0 Å². The molecular weight excluding hydrogens is 177 g/mol. The van der Waals surface area contributed by atoms with Crippen LogP contribution in [-0.4, -0.2) is 0 Å². The van der Waals surface area contributed by atoms with Crippen LogP contribution in [0.15, 0.2) is 42.6 Å². The maximum absolute atomic E-state index is 13.0. The predicted octanol–water partition coefficient (Wildman–Crippen LogP) is 2.14. The van der Waals surface area contributed by atoms with Crippen LogP contribution in [0.3, 0.4) is 0 Å². The number of aromatic nitrogens is 1. The van der Waals surface area contributed by atoms with Gasteiger partial charge in [-0.2, -0.15) is 4.57 Å². The van der Waals surface area contributed by atoms with Crippen LogP contribution in [0.2, 0.25) is 0 Å². The van der Waals surface area contributed by atoms with Crippen molar-refractivity contribution in [2.45, 2.75) is 6.54 Å². The van der Waals surface area contributed by atoms with Crippen LogP contribution in [0.5, 0.6) is 0 Å². The minimum atomic E-state index is -0.155. The normalized spacial score (nSPS) is 12.4. The van der Waals surface area contributed by atoms with E-state index in [4.69, 9.17) is 0 Å². The van der Waals surface area contributed by atoms with Gasteiger partial charge in [-0.1, -0.05) is 0 Å². The Morgan fingerprint density at radius 3 is 3.00 bits per heavy atom. The molecule has 2 aromatic rings. The summed E-state index contributed by atoms with van der Waals surface area (Å²) in [5, 5.41) is 0. The summed E-state index contributed by atoms with van der Waals surface area (Å²) in [6, 6.07) is 11.0. The lowest BCUT2D eigenvalue weighted by molar-refractivity contribution is -0.672. The van der Waals surface area contributed by atoms with Crippen molar-refractivity contribution in [3.05, 3.63) is 54.0 Å². The third kappa shape index (κ3) is 0.970. The maximum atomic E-state index is 13.0. The number of rotatable bonds is 0. The Kier molecular flexibility index (Phi) is 1.45. The monoisotopic (exact) mass is 186 g/mol. The minimum Gasteiger partial charge on any atom is -0.207 e. The van der Waals surface area contributed by atoms with Crippen LogP contribution in [-0.2, 0) is 6.54 Å². The molecular formula is C12H9FN+. The van der Waals surface area contributed by atoms with E-state index in [2.05, 4.69) is 10.6 Å². The Hall–Kier alpha value is -1.70. The van der Waals surface area contributed by atoms with E-state index in [9.17, 15) is 4.39 Å². The van der Waals surface area contributed by atoms with Gasteiger partial charge in [-0.05, 0) is 24.3 Å². The summed E-state index contributed by atoms with van der Waals surface area (Å²) >= 11 is 0. The van der Waals surface area contributed by atoms with Gasteiger partial charge in [0.1, 0.15) is 5.82 Å². The molecule has 1 aromatic carbocycles. The van der Waals surface area contributed by atoms with Crippen molar-refractivity contribution in [1.29, 1.82) is 0 Å². The molecule has 0 unspecified atom stereocenters. The third-order valence-corrected chi connectivity index (χ3v) is 2.62. The molecule has 68 valence electrons. The molecule has 0 N–H and O–H groups in total. The molecule has 2 heterocycles. The van der Waals surface area contributed by atoms with Gasteiger partial charge in [0.15, 0.2) is 12.7 Å². The lowest BCUT2D eigenvalue weighted by atomic mass is 10.1. The maximum Gasteiger partial charge on any atom is 0.213 e. The first-order chi connectivity index (χ1) is 6.84. The van der Waals surface area contributed by atoms with Gasteiger partial charge >= 0.3 is 0 Å². The number of hydrogen-bond acceptors (Lipinski definition) is 0. The predicted molar refractivity (Wildman–Crippen MR) is 51.1 cm³/mol. The van der Waals surface area contributed by atoms with E-state index in [-0.39, 0.29) is 5.82 Å². The Bertz CT molecular complexity index is 505. The Morgan fingerprint density at radius 2 is 2.07 bits per heavy atom. The first kappa shape index (κ1) is 7.68. The van der Waals surface area contributed by atoms with Gasteiger partial charge in [-0.15, -0.1) is 0 Å². The van der Waals surface area contributed by atoms with Crippen molar-refractivity contribution in [2.24, 2.45) is 0 Å². The number of benzene rings is 1. The fourth-order valence-corrected chi connectivity index (χ4v) is 1.99. The zero-order chi connectivity index (χ0) is 9.54. The molecule has 0 atom stereocenters. The molecule has 0 radical (unpaired) electrons. The highest BCUT2D eigenvalue weighted by Crippen LogP contribution is 2.26. The molecule has 2 heteroatoms. The van der Waals surface area contributed by atoms with Crippen molar-refractivity contribution in [3.63, 3.8) is 0 Å². The van der Waals surface area contributed by atoms with Crippen LogP contribution >= 0.6 is 0 Å². The van der Waals surface area contributed by atoms with Crippen molar-refractivity contribution < 1.29 is 8.96 Å². The summed E-state index contributed by atoms with van der Waals surface area (Å²) in [7, 11) is 0. The molecule has 1 aliphatic heterocycles. The standard InChI is InChI=1S/C12H9FN/c13-10-4-5-11-9(7-10)8-14-6-2-1-3-12(11)14/h1-7H,8H2/q+1. The van der Waals surface area contributed by atoms with Gasteiger partial charge in [0.25, 0.3) is 0 Å². The topological polar surface area (TPSA) is 3.88 Å². The quantitative estimate of drug-likeness (QED) is 0.473. The van der Waals surface area contributed by atoms with Crippen molar-refractivity contribution in [2.75, 3.05) is 0 Å². The average molecular weight is 186 g/mol. The second-order valence-electron chi connectivity index (χ2n) is 3.52. The first-order valence-electron chi connectivity index (χ1n) is 4.62. The van der Waals surface area contributed by atoms with Gasteiger partial charge in [-0.25, -0.2) is 4.39 Å². The first-order valence-corrected chi connectivity index (χ1v) is 4.62. The number of halogens is 1. The molecule has 0 saturated carbocycles. The second kappa shape index (κ2) is 2.64. The average Bonchev–Trinajstić information content (AvgIpc) is 2.54. The molecule has 0 saturated heterocycles. The SMILES string of the molecule is Fc1ccc2c(c1)C[n+]1ccccc1-2. The van der Waals surface area contributed by atoms with Gasteiger partial charge in [-0.3, -0.25) is 0 Å². The van der Waals surface area contributed by atoms with E-state index < -0.39 is 0 Å². The summed E-state index contributed by atoms with van der Waals surface area (Å²) in [5.74, 6) is -0.155. The summed E-state index contributed by atoms with van der Waals surface area (Å²) in [6.45, 7) is 0.781. The summed E-state index contributed by atoms with van der Waals surface area (Å²) in [4.78, 5) is 0. The zero-order valence-electron chi connectivity index (χ0n) is 7.57. The van der Waals surface area contributed by atoms with E-state index in [1.54, 1.807) is 6.07 Å². The highest BCUT2D eigenvalue weighted by molar-refractivity contribution is 5.62. The molecule has 1 aromatic heterocycles. The Morgan fingerprint density at radius 1 is 1.14 bits per heavy atom. The molecule has 14 heavy (non-hydrogen) atoms. The number of fused-ring (bicyclic) bond motifs is 3. The summed E-state index contributed by atoms with van der Waals surface area (Å²) < 4.78 is 15.1. The van der Waals surface area contributed by atoms with Crippen molar-refractivity contribution >= 4 is 0 Å². The Labute approximate surface area is 81.4 Å². The molecule has 0 amide bonds. The lowest BCUT2D eigenvalue weighted by Gasteiger charge is -1.92. The second-order valence-corrected chi connectivity index (χ2v) is 3.52. The van der Waals surface area contributed by atoms with E-state index in [1.165, 1.54) is 11.8 Å². The molecule has 0 aliphatic carbocycles. The van der Waals surface area contributed by atoms with Crippen LogP contribution in [0.25, 0.3) is 11.3 Å². The van der Waals surface area contributed by atoms with Gasteiger partial charge in [0.2, 0.25) is 5.69 Å². The van der Waals surface area contributed by atoms with Gasteiger partial charge < -0.3 is 0 Å². The van der Waals surface area contributed by atoms with E-state index in [0.717, 1.165) is 17.7 Å². The van der Waals surface area contributed by atoms with Crippen molar-refractivity contribution in [3.8, 4) is 11.3 Å². The summed E-state index contributed by atoms with van der Waals surface area (Å²) in [5.41, 5.74) is 3.38. The Balaban J connectivity index is 2.27. The fourth-order valence-electron chi connectivity index (χ4n) is 1.99. The van der Waals surface area contributed by atoms with Crippen LogP contribution < -0.4 is 4.57 Å². The van der Waals surface area contributed by atoms with E-state index in [1.807, 2.05) is 24.4 Å². The number of hydrogen-bond donors (Lipinski definition) is 0.